The number of nitrogens with zero attached hydrogens (tertiary/aromatic N) is 2. The number of carbonyl (C=O) groups excluding carboxylic acids is 1. The Labute approximate surface area is 146 Å². The van der Waals surface area contributed by atoms with Gasteiger partial charge in [-0.3, -0.25) is 4.79 Å². The van der Waals surface area contributed by atoms with E-state index in [-0.39, 0.29) is 11.9 Å². The van der Waals surface area contributed by atoms with Crippen LogP contribution >= 0.6 is 11.6 Å². The van der Waals surface area contributed by atoms with Crippen molar-refractivity contribution in [3.63, 3.8) is 0 Å². The summed E-state index contributed by atoms with van der Waals surface area (Å²) in [5.41, 5.74) is 3.28. The molecule has 0 unspecified atom stereocenters. The summed E-state index contributed by atoms with van der Waals surface area (Å²) in [5, 5.41) is 6.85. The Kier molecular flexibility index (Phi) is 5.00. The molecule has 0 aliphatic heterocycles. The van der Waals surface area contributed by atoms with Crippen LogP contribution in [0.25, 0.3) is 0 Å². The molecule has 0 saturated heterocycles. The topological polar surface area (TPSA) is 66.9 Å². The third-order valence-electron chi connectivity index (χ3n) is 4.27. The molecule has 0 atom stereocenters. The highest BCUT2D eigenvalue weighted by Crippen LogP contribution is 2.29. The SMILES string of the molecule is Cc1cc(C)c(Nc2cc(C(=O)NC3CCCC3)ncn2)c(Cl)c1. The first-order chi connectivity index (χ1) is 11.5. The van der Waals surface area contributed by atoms with Crippen LogP contribution in [-0.4, -0.2) is 21.9 Å². The minimum atomic E-state index is -0.154. The second-order valence-electron chi connectivity index (χ2n) is 6.31. The molecule has 1 heterocycles. The first-order valence-electron chi connectivity index (χ1n) is 8.19. The van der Waals surface area contributed by atoms with E-state index in [1.54, 1.807) is 6.07 Å². The Hall–Kier alpha value is -2.14. The molecule has 2 N–H and O–H groups in total. The molecule has 1 saturated carbocycles. The second kappa shape index (κ2) is 7.18. The molecule has 0 spiro atoms. The fourth-order valence-electron chi connectivity index (χ4n) is 3.08. The molecular weight excluding hydrogens is 324 g/mol. The molecule has 24 heavy (non-hydrogen) atoms. The molecule has 3 rings (SSSR count). The predicted octanol–water partition coefficient (Wildman–Crippen LogP) is 4.16. The smallest absolute Gasteiger partial charge is 0.270 e. The number of rotatable bonds is 4. The highest BCUT2D eigenvalue weighted by atomic mass is 35.5. The number of hydrogen-bond acceptors (Lipinski definition) is 4. The fraction of sp³-hybridized carbons (Fsp3) is 0.389. The van der Waals surface area contributed by atoms with Crippen LogP contribution in [-0.2, 0) is 0 Å². The van der Waals surface area contributed by atoms with Crippen LogP contribution < -0.4 is 10.6 Å². The van der Waals surface area contributed by atoms with E-state index in [4.69, 9.17) is 11.6 Å². The van der Waals surface area contributed by atoms with E-state index in [2.05, 4.69) is 20.6 Å². The van der Waals surface area contributed by atoms with Gasteiger partial charge in [0, 0.05) is 12.1 Å². The minimum Gasteiger partial charge on any atom is -0.348 e. The zero-order valence-corrected chi connectivity index (χ0v) is 14.7. The zero-order valence-electron chi connectivity index (χ0n) is 13.9. The van der Waals surface area contributed by atoms with E-state index in [1.165, 1.54) is 19.2 Å². The third kappa shape index (κ3) is 3.85. The maximum atomic E-state index is 12.3. The summed E-state index contributed by atoms with van der Waals surface area (Å²) >= 11 is 6.32. The Morgan fingerprint density at radius 1 is 1.17 bits per heavy atom. The Morgan fingerprint density at radius 2 is 1.92 bits per heavy atom. The predicted molar refractivity (Wildman–Crippen MR) is 96.0 cm³/mol. The average molecular weight is 345 g/mol. The highest BCUT2D eigenvalue weighted by Gasteiger charge is 2.19. The Balaban J connectivity index is 1.77. The fourth-order valence-corrected chi connectivity index (χ4v) is 3.45. The quantitative estimate of drug-likeness (QED) is 0.873. The Bertz CT molecular complexity index is 733. The van der Waals surface area contributed by atoms with Crippen molar-refractivity contribution in [1.29, 1.82) is 0 Å². The van der Waals surface area contributed by atoms with Gasteiger partial charge in [0.1, 0.15) is 17.8 Å². The molecule has 2 aromatic rings. The summed E-state index contributed by atoms with van der Waals surface area (Å²) < 4.78 is 0. The molecule has 0 bridgehead atoms. The number of aryl methyl sites for hydroxylation is 2. The van der Waals surface area contributed by atoms with Crippen molar-refractivity contribution in [3.05, 3.63) is 46.4 Å². The second-order valence-corrected chi connectivity index (χ2v) is 6.71. The van der Waals surface area contributed by atoms with E-state index < -0.39 is 0 Å². The van der Waals surface area contributed by atoms with Crippen molar-refractivity contribution >= 4 is 29.0 Å². The van der Waals surface area contributed by atoms with Crippen LogP contribution in [0, 0.1) is 13.8 Å². The van der Waals surface area contributed by atoms with Gasteiger partial charge in [0.25, 0.3) is 5.91 Å². The van der Waals surface area contributed by atoms with E-state index in [9.17, 15) is 4.79 Å². The molecule has 1 aromatic carbocycles. The van der Waals surface area contributed by atoms with Gasteiger partial charge >= 0.3 is 0 Å². The summed E-state index contributed by atoms with van der Waals surface area (Å²) in [6, 6.07) is 5.85. The maximum absolute atomic E-state index is 12.3. The maximum Gasteiger partial charge on any atom is 0.270 e. The number of benzene rings is 1. The van der Waals surface area contributed by atoms with Crippen molar-refractivity contribution < 1.29 is 4.79 Å². The molecule has 5 nitrogen and oxygen atoms in total. The highest BCUT2D eigenvalue weighted by molar-refractivity contribution is 6.33. The van der Waals surface area contributed by atoms with Gasteiger partial charge in [0.15, 0.2) is 0 Å². The normalized spacial score (nSPS) is 14.6. The molecule has 126 valence electrons. The number of amides is 1. The van der Waals surface area contributed by atoms with Crippen LogP contribution in [0.2, 0.25) is 5.02 Å². The van der Waals surface area contributed by atoms with E-state index in [1.807, 2.05) is 26.0 Å². The molecule has 6 heteroatoms. The minimum absolute atomic E-state index is 0.154. The molecular formula is C18H21ClN4O. The standard InChI is InChI=1S/C18H21ClN4O/c1-11-7-12(2)17(14(19)8-11)23-16-9-15(20-10-21-16)18(24)22-13-5-3-4-6-13/h7-10,13H,3-6H2,1-2H3,(H,22,24)(H,20,21,23). The monoisotopic (exact) mass is 344 g/mol. The van der Waals surface area contributed by atoms with Crippen LogP contribution in [0.15, 0.2) is 24.5 Å². The summed E-state index contributed by atoms with van der Waals surface area (Å²) in [7, 11) is 0. The van der Waals surface area contributed by atoms with Gasteiger partial charge in [-0.25, -0.2) is 9.97 Å². The van der Waals surface area contributed by atoms with Crippen molar-refractivity contribution in [3.8, 4) is 0 Å². The van der Waals surface area contributed by atoms with Gasteiger partial charge in [-0.2, -0.15) is 0 Å². The summed E-state index contributed by atoms with van der Waals surface area (Å²) in [4.78, 5) is 20.6. The zero-order chi connectivity index (χ0) is 17.1. The van der Waals surface area contributed by atoms with Gasteiger partial charge in [-0.05, 0) is 43.9 Å². The van der Waals surface area contributed by atoms with E-state index in [0.717, 1.165) is 29.7 Å². The van der Waals surface area contributed by atoms with Crippen LogP contribution in [0.1, 0.15) is 47.3 Å². The van der Waals surface area contributed by atoms with Crippen LogP contribution in [0.4, 0.5) is 11.5 Å². The molecule has 0 radical (unpaired) electrons. The average Bonchev–Trinajstić information content (AvgIpc) is 3.04. The largest absolute Gasteiger partial charge is 0.348 e. The number of halogens is 1. The van der Waals surface area contributed by atoms with E-state index >= 15 is 0 Å². The van der Waals surface area contributed by atoms with Crippen molar-refractivity contribution in [2.24, 2.45) is 0 Å². The van der Waals surface area contributed by atoms with Gasteiger partial charge in [-0.15, -0.1) is 0 Å². The summed E-state index contributed by atoms with van der Waals surface area (Å²) in [5.74, 6) is 0.398. The van der Waals surface area contributed by atoms with Crippen LogP contribution in [0.5, 0.6) is 0 Å². The third-order valence-corrected chi connectivity index (χ3v) is 4.57. The van der Waals surface area contributed by atoms with Crippen LogP contribution in [0.3, 0.4) is 0 Å². The first kappa shape index (κ1) is 16.7. The molecule has 1 fully saturated rings. The number of nitrogens with one attached hydrogen (secondary N) is 2. The number of anilines is 2. The first-order valence-corrected chi connectivity index (χ1v) is 8.57. The summed E-state index contributed by atoms with van der Waals surface area (Å²) in [6.45, 7) is 3.98. The molecule has 1 aromatic heterocycles. The van der Waals surface area contributed by atoms with E-state index in [0.29, 0.717) is 16.5 Å². The van der Waals surface area contributed by atoms with Gasteiger partial charge in [0.05, 0.1) is 10.7 Å². The van der Waals surface area contributed by atoms with Crippen molar-refractivity contribution in [2.45, 2.75) is 45.6 Å². The Morgan fingerprint density at radius 3 is 2.62 bits per heavy atom. The molecule has 1 amide bonds. The van der Waals surface area contributed by atoms with Crippen molar-refractivity contribution in [2.75, 3.05) is 5.32 Å². The number of hydrogen-bond donors (Lipinski definition) is 2. The number of aromatic nitrogens is 2. The lowest BCUT2D eigenvalue weighted by Crippen LogP contribution is -2.33. The van der Waals surface area contributed by atoms with Crippen molar-refractivity contribution in [1.82, 2.24) is 15.3 Å². The van der Waals surface area contributed by atoms with Gasteiger partial charge in [0.2, 0.25) is 0 Å². The summed E-state index contributed by atoms with van der Waals surface area (Å²) in [6.07, 6.45) is 5.82. The lowest BCUT2D eigenvalue weighted by Gasteiger charge is -2.14. The van der Waals surface area contributed by atoms with Gasteiger partial charge in [-0.1, -0.05) is 30.5 Å². The molecule has 1 aliphatic rings. The molecule has 1 aliphatic carbocycles. The lowest BCUT2D eigenvalue weighted by atomic mass is 10.1. The number of carbonyl (C=O) groups is 1. The van der Waals surface area contributed by atoms with Gasteiger partial charge < -0.3 is 10.6 Å². The lowest BCUT2D eigenvalue weighted by molar-refractivity contribution is 0.0932.